The molecule has 0 radical (unpaired) electrons. The molecule has 0 fully saturated rings. The molecule has 0 aromatic heterocycles. The van der Waals surface area contributed by atoms with E-state index in [2.05, 4.69) is 27.7 Å². The van der Waals surface area contributed by atoms with Gasteiger partial charge in [0, 0.05) is 13.2 Å². The van der Waals surface area contributed by atoms with Crippen molar-refractivity contribution in [3.8, 4) is 0 Å². The van der Waals surface area contributed by atoms with Crippen molar-refractivity contribution in [2.75, 3.05) is 13.2 Å². The predicted molar refractivity (Wildman–Crippen MR) is 73.2 cm³/mol. The maximum absolute atomic E-state index is 5.96. The van der Waals surface area contributed by atoms with E-state index in [9.17, 15) is 0 Å². The van der Waals surface area contributed by atoms with Gasteiger partial charge in [0.25, 0.3) is 0 Å². The highest BCUT2D eigenvalue weighted by Gasteiger charge is 2.23. The van der Waals surface area contributed by atoms with Crippen molar-refractivity contribution in [1.82, 2.24) is 0 Å². The average molecular weight is 246 g/mol. The number of unbranched alkanes of at least 4 members (excludes halogenated alkanes) is 1. The Morgan fingerprint density at radius 3 is 1.81 bits per heavy atom. The molecular weight excluding hydrogens is 216 g/mol. The van der Waals surface area contributed by atoms with Gasteiger partial charge in [-0.3, -0.25) is 0 Å². The number of rotatable bonds is 11. The molecule has 0 rings (SSSR count). The molecule has 2 nitrogen and oxygen atoms in total. The van der Waals surface area contributed by atoms with E-state index in [-0.39, 0.29) is 0 Å². The molecule has 0 aliphatic rings. The van der Waals surface area contributed by atoms with Gasteiger partial charge in [0.05, 0.1) is 0 Å². The third-order valence-electron chi connectivity index (χ3n) is 2.81. The van der Waals surface area contributed by atoms with Crippen LogP contribution in [0.25, 0.3) is 0 Å². The largest absolute Gasteiger partial charge is 0.396 e. The second kappa shape index (κ2) is 11.6. The van der Waals surface area contributed by atoms with Gasteiger partial charge in [-0.25, -0.2) is 0 Å². The second-order valence-electron chi connectivity index (χ2n) is 4.42. The summed E-state index contributed by atoms with van der Waals surface area (Å²) in [4.78, 5) is 0. The lowest BCUT2D eigenvalue weighted by atomic mass is 10.2. The Hall–Kier alpha value is 0.137. The minimum atomic E-state index is -1.42. The lowest BCUT2D eigenvalue weighted by molar-refractivity contribution is 0.184. The quantitative estimate of drug-likeness (QED) is 0.512. The molecule has 0 spiro atoms. The third-order valence-corrected chi connectivity index (χ3v) is 5.51. The highest BCUT2D eigenvalue weighted by molar-refractivity contribution is 6.46. The molecule has 3 heteroatoms. The van der Waals surface area contributed by atoms with Gasteiger partial charge >= 0.3 is 9.28 Å². The Labute approximate surface area is 104 Å². The van der Waals surface area contributed by atoms with E-state index in [1.54, 1.807) is 0 Å². The maximum atomic E-state index is 5.96. The van der Waals surface area contributed by atoms with E-state index < -0.39 is 9.28 Å². The molecule has 98 valence electrons. The molecular formula is C13H30O2Si. The van der Waals surface area contributed by atoms with Crippen LogP contribution in [0.15, 0.2) is 0 Å². The van der Waals surface area contributed by atoms with Gasteiger partial charge in [-0.05, 0) is 24.8 Å². The lowest BCUT2D eigenvalue weighted by Gasteiger charge is -2.24. The van der Waals surface area contributed by atoms with E-state index in [1.165, 1.54) is 25.7 Å². The summed E-state index contributed by atoms with van der Waals surface area (Å²) < 4.78 is 11.9. The fourth-order valence-corrected chi connectivity index (χ4v) is 4.26. The first-order valence-corrected chi connectivity index (χ1v) is 8.64. The fourth-order valence-electron chi connectivity index (χ4n) is 1.79. The van der Waals surface area contributed by atoms with E-state index in [0.29, 0.717) is 5.54 Å². The van der Waals surface area contributed by atoms with Crippen LogP contribution in [-0.4, -0.2) is 22.5 Å². The SMILES string of the molecule is CCCCC(CC)[SiH](OCCC)OCCC. The molecule has 0 aliphatic carbocycles. The summed E-state index contributed by atoms with van der Waals surface area (Å²) in [5, 5.41) is 0. The van der Waals surface area contributed by atoms with Crippen molar-refractivity contribution in [3.05, 3.63) is 0 Å². The van der Waals surface area contributed by atoms with Gasteiger partial charge in [-0.1, -0.05) is 47.0 Å². The Bertz CT molecular complexity index is 134. The van der Waals surface area contributed by atoms with Crippen molar-refractivity contribution in [2.45, 2.75) is 71.8 Å². The Morgan fingerprint density at radius 1 is 0.875 bits per heavy atom. The molecule has 0 N–H and O–H groups in total. The standard InChI is InChI=1S/C13H30O2Si/c1-5-9-10-13(8-4)16(14-11-6-2)15-12-7-3/h13,16H,5-12H2,1-4H3. The monoisotopic (exact) mass is 246 g/mol. The molecule has 0 heterocycles. The van der Waals surface area contributed by atoms with Crippen LogP contribution in [0.4, 0.5) is 0 Å². The van der Waals surface area contributed by atoms with Gasteiger partial charge in [-0.2, -0.15) is 0 Å². The zero-order valence-electron chi connectivity index (χ0n) is 11.6. The molecule has 0 saturated heterocycles. The molecule has 0 bridgehead atoms. The first kappa shape index (κ1) is 16.1. The second-order valence-corrected chi connectivity index (χ2v) is 6.77. The smallest absolute Gasteiger partial charge is 0.324 e. The first-order chi connectivity index (χ1) is 7.79. The van der Waals surface area contributed by atoms with E-state index in [1.807, 2.05) is 0 Å². The van der Waals surface area contributed by atoms with E-state index in [4.69, 9.17) is 8.85 Å². The van der Waals surface area contributed by atoms with Crippen molar-refractivity contribution in [2.24, 2.45) is 0 Å². The molecule has 1 atom stereocenters. The summed E-state index contributed by atoms with van der Waals surface area (Å²) in [5.41, 5.74) is 0.707. The molecule has 16 heavy (non-hydrogen) atoms. The maximum Gasteiger partial charge on any atom is 0.324 e. The Balaban J connectivity index is 4.06. The van der Waals surface area contributed by atoms with Crippen molar-refractivity contribution < 1.29 is 8.85 Å². The summed E-state index contributed by atoms with van der Waals surface area (Å²) in [6, 6.07) is 0. The van der Waals surface area contributed by atoms with E-state index in [0.717, 1.165) is 26.1 Å². The average Bonchev–Trinajstić information content (AvgIpc) is 2.32. The molecule has 0 aromatic carbocycles. The fraction of sp³-hybridized carbons (Fsp3) is 1.00. The van der Waals surface area contributed by atoms with E-state index >= 15 is 0 Å². The van der Waals surface area contributed by atoms with Gasteiger partial charge in [0.15, 0.2) is 0 Å². The van der Waals surface area contributed by atoms with Crippen LogP contribution >= 0.6 is 0 Å². The van der Waals surface area contributed by atoms with Crippen LogP contribution in [-0.2, 0) is 8.85 Å². The number of hydrogen-bond donors (Lipinski definition) is 0. The zero-order valence-corrected chi connectivity index (χ0v) is 12.8. The predicted octanol–water partition coefficient (Wildman–Crippen LogP) is 4.03. The summed E-state index contributed by atoms with van der Waals surface area (Å²) in [5.74, 6) is 0. The minimum Gasteiger partial charge on any atom is -0.396 e. The summed E-state index contributed by atoms with van der Waals surface area (Å²) in [6.45, 7) is 10.6. The van der Waals surface area contributed by atoms with Gasteiger partial charge in [0.1, 0.15) is 0 Å². The summed E-state index contributed by atoms with van der Waals surface area (Å²) in [7, 11) is -1.42. The normalized spacial score (nSPS) is 13.3. The van der Waals surface area contributed by atoms with Crippen LogP contribution in [0.3, 0.4) is 0 Å². The van der Waals surface area contributed by atoms with Crippen LogP contribution in [0.2, 0.25) is 5.54 Å². The van der Waals surface area contributed by atoms with Crippen molar-refractivity contribution in [1.29, 1.82) is 0 Å². The molecule has 0 amide bonds. The molecule has 0 aliphatic heterocycles. The summed E-state index contributed by atoms with van der Waals surface area (Å²) >= 11 is 0. The van der Waals surface area contributed by atoms with Gasteiger partial charge in [0.2, 0.25) is 0 Å². The van der Waals surface area contributed by atoms with Crippen molar-refractivity contribution >= 4 is 9.28 Å². The zero-order chi connectivity index (χ0) is 12.2. The Kier molecular flexibility index (Phi) is 11.7. The highest BCUT2D eigenvalue weighted by atomic mass is 28.3. The van der Waals surface area contributed by atoms with Crippen LogP contribution in [0.5, 0.6) is 0 Å². The summed E-state index contributed by atoms with van der Waals surface area (Å²) in [6.07, 6.45) is 7.29. The Morgan fingerprint density at radius 2 is 1.44 bits per heavy atom. The highest BCUT2D eigenvalue weighted by Crippen LogP contribution is 2.24. The first-order valence-electron chi connectivity index (χ1n) is 7.03. The van der Waals surface area contributed by atoms with Crippen LogP contribution in [0, 0.1) is 0 Å². The van der Waals surface area contributed by atoms with Crippen molar-refractivity contribution in [3.63, 3.8) is 0 Å². The minimum absolute atomic E-state index is 0.707. The van der Waals surface area contributed by atoms with Gasteiger partial charge in [-0.15, -0.1) is 0 Å². The number of hydrogen-bond acceptors (Lipinski definition) is 2. The molecule has 0 aromatic rings. The third kappa shape index (κ3) is 7.42. The molecule has 1 unspecified atom stereocenters. The molecule has 0 saturated carbocycles. The van der Waals surface area contributed by atoms with Gasteiger partial charge < -0.3 is 8.85 Å². The lowest BCUT2D eigenvalue weighted by Crippen LogP contribution is -2.29. The van der Waals surface area contributed by atoms with Crippen LogP contribution < -0.4 is 0 Å². The van der Waals surface area contributed by atoms with Crippen LogP contribution in [0.1, 0.15) is 66.2 Å². The topological polar surface area (TPSA) is 18.5 Å².